The maximum absolute atomic E-state index is 13.8. The van der Waals surface area contributed by atoms with Crippen molar-refractivity contribution in [2.75, 3.05) is 10.6 Å². The third kappa shape index (κ3) is 4.51. The van der Waals surface area contributed by atoms with Gasteiger partial charge in [-0.15, -0.1) is 0 Å². The van der Waals surface area contributed by atoms with Crippen molar-refractivity contribution in [1.29, 1.82) is 0 Å². The molecule has 1 aromatic carbocycles. The number of anilines is 4. The van der Waals surface area contributed by atoms with Gasteiger partial charge in [0.15, 0.2) is 5.82 Å². The van der Waals surface area contributed by atoms with Gasteiger partial charge in [0, 0.05) is 12.3 Å². The smallest absolute Gasteiger partial charge is 0.332 e. The van der Waals surface area contributed by atoms with E-state index in [0.29, 0.717) is 12.3 Å². The van der Waals surface area contributed by atoms with Gasteiger partial charge in [0.05, 0.1) is 21.2 Å². The highest BCUT2D eigenvalue weighted by Crippen LogP contribution is 2.36. The van der Waals surface area contributed by atoms with Crippen molar-refractivity contribution in [3.8, 4) is 0 Å². The fourth-order valence-corrected chi connectivity index (χ4v) is 2.47. The number of hydrogen-bond acceptors (Lipinski definition) is 7. The first kappa shape index (κ1) is 21.1. The minimum atomic E-state index is -4.69. The molecule has 0 aliphatic carbocycles. The topological polar surface area (TPSA) is 106 Å². The Bertz CT molecular complexity index is 1130. The van der Waals surface area contributed by atoms with E-state index in [0.717, 1.165) is 24.5 Å². The molecule has 0 radical (unpaired) electrons. The molecule has 8 nitrogen and oxygen atoms in total. The SMILES string of the molecule is O=[N+]([O-])c1c(Nc2cc(F)ccc2F)ncnc1Nc1ncc(C(F)(F)F)cc1Cl. The predicted molar refractivity (Wildman–Crippen MR) is 95.9 cm³/mol. The molecule has 0 unspecified atom stereocenters. The third-order valence-corrected chi connectivity index (χ3v) is 3.88. The lowest BCUT2D eigenvalue weighted by atomic mass is 10.2. The normalized spacial score (nSPS) is 11.3. The Kier molecular flexibility index (Phi) is 5.64. The Labute approximate surface area is 168 Å². The molecule has 0 fully saturated rings. The molecule has 0 atom stereocenters. The molecule has 2 aromatic heterocycles. The van der Waals surface area contributed by atoms with E-state index in [1.54, 1.807) is 0 Å². The van der Waals surface area contributed by atoms with Gasteiger partial charge < -0.3 is 10.6 Å². The molecule has 2 heterocycles. The van der Waals surface area contributed by atoms with Gasteiger partial charge in [-0.05, 0) is 18.2 Å². The van der Waals surface area contributed by atoms with Gasteiger partial charge in [-0.3, -0.25) is 10.1 Å². The summed E-state index contributed by atoms with van der Waals surface area (Å²) in [5.74, 6) is -3.08. The van der Waals surface area contributed by atoms with Crippen LogP contribution in [0.15, 0.2) is 36.8 Å². The summed E-state index contributed by atoms with van der Waals surface area (Å²) in [5.41, 5.74) is -2.37. The first-order valence-electron chi connectivity index (χ1n) is 7.77. The minimum Gasteiger partial charge on any atom is -0.332 e. The average molecular weight is 447 g/mol. The third-order valence-electron chi connectivity index (χ3n) is 3.59. The van der Waals surface area contributed by atoms with Crippen molar-refractivity contribution in [2.45, 2.75) is 6.18 Å². The Balaban J connectivity index is 1.99. The molecule has 0 spiro atoms. The van der Waals surface area contributed by atoms with Crippen LogP contribution in [0.1, 0.15) is 5.56 Å². The van der Waals surface area contributed by atoms with Crippen LogP contribution < -0.4 is 10.6 Å². The Morgan fingerprint density at radius 3 is 2.27 bits per heavy atom. The molecule has 3 aromatic rings. The van der Waals surface area contributed by atoms with Gasteiger partial charge in [-0.1, -0.05) is 11.6 Å². The highest BCUT2D eigenvalue weighted by molar-refractivity contribution is 6.33. The van der Waals surface area contributed by atoms with E-state index in [9.17, 15) is 32.1 Å². The number of hydrogen-bond donors (Lipinski definition) is 2. The van der Waals surface area contributed by atoms with Crippen molar-refractivity contribution in [3.63, 3.8) is 0 Å². The average Bonchev–Trinajstić information content (AvgIpc) is 2.65. The molecule has 0 aliphatic rings. The van der Waals surface area contributed by atoms with Crippen molar-refractivity contribution in [2.24, 2.45) is 0 Å². The molecule has 14 heteroatoms. The van der Waals surface area contributed by atoms with Crippen LogP contribution >= 0.6 is 11.6 Å². The van der Waals surface area contributed by atoms with Gasteiger partial charge in [-0.25, -0.2) is 23.7 Å². The first-order valence-corrected chi connectivity index (χ1v) is 8.15. The molecule has 156 valence electrons. The van der Waals surface area contributed by atoms with E-state index < -0.39 is 56.3 Å². The zero-order valence-electron chi connectivity index (χ0n) is 14.3. The van der Waals surface area contributed by atoms with Crippen LogP contribution in [-0.2, 0) is 6.18 Å². The number of rotatable bonds is 5. The van der Waals surface area contributed by atoms with Crippen molar-refractivity contribution in [1.82, 2.24) is 15.0 Å². The predicted octanol–water partition coefficient (Wildman–Crippen LogP) is 5.22. The largest absolute Gasteiger partial charge is 0.417 e. The summed E-state index contributed by atoms with van der Waals surface area (Å²) >= 11 is 5.78. The summed E-state index contributed by atoms with van der Waals surface area (Å²) in [6.07, 6.45) is -3.36. The van der Waals surface area contributed by atoms with E-state index in [1.807, 2.05) is 0 Å². The summed E-state index contributed by atoms with van der Waals surface area (Å²) in [6, 6.07) is 2.98. The fraction of sp³-hybridized carbons (Fsp3) is 0.0625. The lowest BCUT2D eigenvalue weighted by Crippen LogP contribution is -2.09. The lowest BCUT2D eigenvalue weighted by molar-refractivity contribution is -0.383. The first-order chi connectivity index (χ1) is 14.1. The highest BCUT2D eigenvalue weighted by atomic mass is 35.5. The van der Waals surface area contributed by atoms with Crippen LogP contribution in [0, 0.1) is 21.7 Å². The Morgan fingerprint density at radius 1 is 1.00 bits per heavy atom. The molecule has 3 rings (SSSR count). The molecule has 0 saturated carbocycles. The molecule has 2 N–H and O–H groups in total. The molecule has 30 heavy (non-hydrogen) atoms. The van der Waals surface area contributed by atoms with E-state index in [1.165, 1.54) is 0 Å². The Morgan fingerprint density at radius 2 is 1.67 bits per heavy atom. The number of alkyl halides is 3. The second kappa shape index (κ2) is 8.02. The number of benzene rings is 1. The summed E-state index contributed by atoms with van der Waals surface area (Å²) in [4.78, 5) is 21.4. The second-order valence-corrected chi connectivity index (χ2v) is 6.01. The number of aromatic nitrogens is 3. The zero-order valence-corrected chi connectivity index (χ0v) is 15.1. The Hall–Kier alpha value is -3.61. The summed E-state index contributed by atoms with van der Waals surface area (Å²) < 4.78 is 65.4. The van der Waals surface area contributed by atoms with Gasteiger partial charge in [0.2, 0.25) is 11.6 Å². The number of pyridine rings is 1. The van der Waals surface area contributed by atoms with Crippen LogP contribution in [0.2, 0.25) is 5.02 Å². The van der Waals surface area contributed by atoms with Crippen LogP contribution in [0.5, 0.6) is 0 Å². The van der Waals surface area contributed by atoms with Gasteiger partial charge in [-0.2, -0.15) is 13.2 Å². The number of nitrogens with zero attached hydrogens (tertiary/aromatic N) is 4. The summed E-state index contributed by atoms with van der Waals surface area (Å²) in [7, 11) is 0. The second-order valence-electron chi connectivity index (χ2n) is 5.60. The minimum absolute atomic E-state index is 0.352. The molecule has 0 saturated heterocycles. The molecule has 0 amide bonds. The summed E-state index contributed by atoms with van der Waals surface area (Å²) in [6.45, 7) is 0. The van der Waals surface area contributed by atoms with E-state index in [2.05, 4.69) is 25.6 Å². The van der Waals surface area contributed by atoms with Crippen LogP contribution in [0.4, 0.5) is 50.8 Å². The van der Waals surface area contributed by atoms with E-state index in [-0.39, 0.29) is 5.82 Å². The fourth-order valence-electron chi connectivity index (χ4n) is 2.25. The van der Waals surface area contributed by atoms with Crippen LogP contribution in [0.3, 0.4) is 0 Å². The number of nitrogens with one attached hydrogen (secondary N) is 2. The van der Waals surface area contributed by atoms with Crippen LogP contribution in [0.25, 0.3) is 0 Å². The van der Waals surface area contributed by atoms with E-state index >= 15 is 0 Å². The van der Waals surface area contributed by atoms with Gasteiger partial charge in [0.25, 0.3) is 0 Å². The van der Waals surface area contributed by atoms with E-state index in [4.69, 9.17) is 11.6 Å². The van der Waals surface area contributed by atoms with Gasteiger partial charge in [0.1, 0.15) is 18.0 Å². The molecule has 0 aliphatic heterocycles. The van der Waals surface area contributed by atoms with Crippen molar-refractivity contribution >= 4 is 40.4 Å². The number of nitro groups is 1. The zero-order chi connectivity index (χ0) is 22.1. The maximum atomic E-state index is 13.8. The van der Waals surface area contributed by atoms with Crippen molar-refractivity contribution < 1.29 is 26.9 Å². The standard InChI is InChI=1S/C16H8ClF5N6O2/c17-9-3-7(16(20,21)22)5-23-13(9)27-15-12(28(29)30)14(24-6-25-15)26-11-4-8(18)1-2-10(11)19/h1-6H,(H2,23,24,25,26,27). The monoisotopic (exact) mass is 446 g/mol. The molecular formula is C16H8ClF5N6O2. The maximum Gasteiger partial charge on any atom is 0.417 e. The lowest BCUT2D eigenvalue weighted by Gasteiger charge is -2.12. The summed E-state index contributed by atoms with van der Waals surface area (Å²) in [5, 5.41) is 15.7. The highest BCUT2D eigenvalue weighted by Gasteiger charge is 2.32. The molecular weight excluding hydrogens is 439 g/mol. The molecule has 0 bridgehead atoms. The van der Waals surface area contributed by atoms with Crippen LogP contribution in [-0.4, -0.2) is 19.9 Å². The van der Waals surface area contributed by atoms with Crippen molar-refractivity contribution in [3.05, 3.63) is 69.1 Å². The quantitative estimate of drug-likeness (QED) is 0.314. The number of halogens is 6. The van der Waals surface area contributed by atoms with Gasteiger partial charge >= 0.3 is 11.9 Å².